The highest BCUT2D eigenvalue weighted by Gasteiger charge is 2.04. The Morgan fingerprint density at radius 1 is 1.41 bits per heavy atom. The first kappa shape index (κ1) is 14.5. The number of ether oxygens (including phenoxy) is 1. The highest BCUT2D eigenvalue weighted by atomic mass is 32.2. The van der Waals surface area contributed by atoms with Gasteiger partial charge in [-0.2, -0.15) is 0 Å². The van der Waals surface area contributed by atoms with Crippen molar-refractivity contribution >= 4 is 11.8 Å². The number of hydrogen-bond acceptors (Lipinski definition) is 3. The van der Waals surface area contributed by atoms with E-state index in [2.05, 4.69) is 19.2 Å². The molecule has 96 valence electrons. The maximum atomic E-state index is 13.7. The van der Waals surface area contributed by atoms with Gasteiger partial charge in [-0.1, -0.05) is 19.9 Å². The van der Waals surface area contributed by atoms with Gasteiger partial charge in [-0.15, -0.1) is 11.8 Å². The van der Waals surface area contributed by atoms with Gasteiger partial charge in [-0.05, 0) is 17.7 Å². The maximum Gasteiger partial charge on any atom is 0.137 e. The van der Waals surface area contributed by atoms with Crippen LogP contribution >= 0.6 is 11.8 Å². The third-order valence-corrected chi connectivity index (χ3v) is 3.27. The predicted octanol–water partition coefficient (Wildman–Crippen LogP) is 3.06. The Hall–Kier alpha value is -0.580. The van der Waals surface area contributed by atoms with Gasteiger partial charge in [-0.3, -0.25) is 0 Å². The molecule has 0 heterocycles. The van der Waals surface area contributed by atoms with Crippen molar-refractivity contribution in [3.63, 3.8) is 0 Å². The molecule has 0 saturated carbocycles. The smallest absolute Gasteiger partial charge is 0.137 e. The van der Waals surface area contributed by atoms with Crippen LogP contribution in [0.25, 0.3) is 0 Å². The molecule has 0 bridgehead atoms. The summed E-state index contributed by atoms with van der Waals surface area (Å²) in [5.41, 5.74) is 0.979. The van der Waals surface area contributed by atoms with Crippen LogP contribution in [0.15, 0.2) is 23.1 Å². The zero-order valence-corrected chi connectivity index (χ0v) is 11.4. The zero-order valence-electron chi connectivity index (χ0n) is 10.6. The molecule has 0 aromatic heterocycles. The van der Waals surface area contributed by atoms with Crippen molar-refractivity contribution in [3.05, 3.63) is 29.6 Å². The summed E-state index contributed by atoms with van der Waals surface area (Å²) in [6.07, 6.45) is 0. The zero-order chi connectivity index (χ0) is 12.7. The minimum Gasteiger partial charge on any atom is -0.384 e. The summed E-state index contributed by atoms with van der Waals surface area (Å²) in [7, 11) is 1.65. The molecule has 1 N–H and O–H groups in total. The first-order valence-electron chi connectivity index (χ1n) is 5.77. The molecule has 0 fully saturated rings. The van der Waals surface area contributed by atoms with Crippen LogP contribution in [-0.4, -0.2) is 25.5 Å². The minimum absolute atomic E-state index is 0.144. The standard InChI is InChI=1S/C13H20FNOS/c1-10(2)15-9-11-4-5-13(12(14)8-11)17-7-6-16-3/h4-5,8,10,15H,6-7,9H2,1-3H3. The molecular weight excluding hydrogens is 237 g/mol. The second-order valence-corrected chi connectivity index (χ2v) is 5.28. The third-order valence-electron chi connectivity index (χ3n) is 2.26. The molecule has 0 aliphatic rings. The molecule has 0 atom stereocenters. The summed E-state index contributed by atoms with van der Waals surface area (Å²) in [5.74, 6) is 0.631. The average molecular weight is 257 g/mol. The molecule has 4 heteroatoms. The van der Waals surface area contributed by atoms with Gasteiger partial charge < -0.3 is 10.1 Å². The molecule has 0 saturated heterocycles. The van der Waals surface area contributed by atoms with E-state index in [1.54, 1.807) is 13.2 Å². The van der Waals surface area contributed by atoms with Crippen molar-refractivity contribution in [1.82, 2.24) is 5.32 Å². The van der Waals surface area contributed by atoms with Crippen LogP contribution in [0.1, 0.15) is 19.4 Å². The molecule has 0 aliphatic heterocycles. The number of thioether (sulfide) groups is 1. The fourth-order valence-corrected chi connectivity index (χ4v) is 2.16. The summed E-state index contributed by atoms with van der Waals surface area (Å²) in [6, 6.07) is 5.82. The maximum absolute atomic E-state index is 13.7. The molecule has 0 amide bonds. The average Bonchev–Trinajstić information content (AvgIpc) is 2.29. The van der Waals surface area contributed by atoms with Crippen molar-refractivity contribution in [2.24, 2.45) is 0 Å². The van der Waals surface area contributed by atoms with Gasteiger partial charge in [0, 0.05) is 30.3 Å². The van der Waals surface area contributed by atoms with Crippen LogP contribution in [0.4, 0.5) is 4.39 Å². The van der Waals surface area contributed by atoms with E-state index in [9.17, 15) is 4.39 Å². The lowest BCUT2D eigenvalue weighted by Gasteiger charge is -2.09. The van der Waals surface area contributed by atoms with E-state index in [0.29, 0.717) is 24.1 Å². The summed E-state index contributed by atoms with van der Waals surface area (Å²) < 4.78 is 18.7. The number of hydrogen-bond donors (Lipinski definition) is 1. The highest BCUT2D eigenvalue weighted by Crippen LogP contribution is 2.22. The summed E-state index contributed by atoms with van der Waals surface area (Å²) in [6.45, 7) is 5.50. The lowest BCUT2D eigenvalue weighted by molar-refractivity contribution is 0.218. The Bertz CT molecular complexity index is 344. The number of nitrogens with one attached hydrogen (secondary N) is 1. The quantitative estimate of drug-likeness (QED) is 0.599. The van der Waals surface area contributed by atoms with E-state index < -0.39 is 0 Å². The monoisotopic (exact) mass is 257 g/mol. The number of rotatable bonds is 7. The normalized spacial score (nSPS) is 11.1. The third kappa shape index (κ3) is 5.52. The number of methoxy groups -OCH3 is 1. The van der Waals surface area contributed by atoms with E-state index in [4.69, 9.17) is 4.74 Å². The van der Waals surface area contributed by atoms with Crippen LogP contribution in [0.5, 0.6) is 0 Å². The highest BCUT2D eigenvalue weighted by molar-refractivity contribution is 7.99. The van der Waals surface area contributed by atoms with Crippen LogP contribution in [0.3, 0.4) is 0 Å². The van der Waals surface area contributed by atoms with Gasteiger partial charge >= 0.3 is 0 Å². The Morgan fingerprint density at radius 2 is 2.18 bits per heavy atom. The lowest BCUT2D eigenvalue weighted by atomic mass is 10.2. The molecule has 0 spiro atoms. The molecule has 1 rings (SSSR count). The molecule has 2 nitrogen and oxygen atoms in total. The predicted molar refractivity (Wildman–Crippen MR) is 71.0 cm³/mol. The SMILES string of the molecule is COCCSc1ccc(CNC(C)C)cc1F. The van der Waals surface area contributed by atoms with Crippen molar-refractivity contribution in [1.29, 1.82) is 0 Å². The first-order valence-corrected chi connectivity index (χ1v) is 6.75. The van der Waals surface area contributed by atoms with E-state index >= 15 is 0 Å². The summed E-state index contributed by atoms with van der Waals surface area (Å²) in [4.78, 5) is 0.690. The van der Waals surface area contributed by atoms with Gasteiger partial charge in [-0.25, -0.2) is 4.39 Å². The fourth-order valence-electron chi connectivity index (χ4n) is 1.33. The Morgan fingerprint density at radius 3 is 2.76 bits per heavy atom. The van der Waals surface area contributed by atoms with Gasteiger partial charge in [0.05, 0.1) is 6.61 Å². The summed E-state index contributed by atoms with van der Waals surface area (Å²) in [5, 5.41) is 3.27. The largest absolute Gasteiger partial charge is 0.384 e. The van der Waals surface area contributed by atoms with Crippen LogP contribution < -0.4 is 5.32 Å². The van der Waals surface area contributed by atoms with Gasteiger partial charge in [0.15, 0.2) is 0 Å². The Labute approximate surface area is 107 Å². The van der Waals surface area contributed by atoms with Crippen molar-refractivity contribution in [2.75, 3.05) is 19.5 Å². The number of halogens is 1. The molecule has 0 unspecified atom stereocenters. The Balaban J connectivity index is 2.53. The van der Waals surface area contributed by atoms with Crippen LogP contribution in [-0.2, 0) is 11.3 Å². The summed E-state index contributed by atoms with van der Waals surface area (Å²) >= 11 is 1.48. The second-order valence-electron chi connectivity index (χ2n) is 4.14. The van der Waals surface area contributed by atoms with Crippen LogP contribution in [0.2, 0.25) is 0 Å². The molecule has 17 heavy (non-hydrogen) atoms. The van der Waals surface area contributed by atoms with E-state index in [1.807, 2.05) is 12.1 Å². The minimum atomic E-state index is -0.144. The van der Waals surface area contributed by atoms with E-state index in [1.165, 1.54) is 11.8 Å². The van der Waals surface area contributed by atoms with Crippen molar-refractivity contribution < 1.29 is 9.13 Å². The van der Waals surface area contributed by atoms with E-state index in [0.717, 1.165) is 11.3 Å². The molecule has 0 aliphatic carbocycles. The molecule has 0 radical (unpaired) electrons. The molecule has 1 aromatic carbocycles. The molecular formula is C13H20FNOS. The Kier molecular flexibility index (Phi) is 6.55. The lowest BCUT2D eigenvalue weighted by Crippen LogP contribution is -2.21. The second kappa shape index (κ2) is 7.69. The van der Waals surface area contributed by atoms with Crippen molar-refractivity contribution in [2.45, 2.75) is 31.3 Å². The first-order chi connectivity index (χ1) is 8.13. The van der Waals surface area contributed by atoms with Gasteiger partial charge in [0.1, 0.15) is 5.82 Å². The van der Waals surface area contributed by atoms with Gasteiger partial charge in [0.2, 0.25) is 0 Å². The van der Waals surface area contributed by atoms with Gasteiger partial charge in [0.25, 0.3) is 0 Å². The van der Waals surface area contributed by atoms with Crippen LogP contribution in [0, 0.1) is 5.82 Å². The number of benzene rings is 1. The van der Waals surface area contributed by atoms with E-state index in [-0.39, 0.29) is 5.82 Å². The molecule has 1 aromatic rings. The van der Waals surface area contributed by atoms with Crippen molar-refractivity contribution in [3.8, 4) is 0 Å². The fraction of sp³-hybridized carbons (Fsp3) is 0.538. The topological polar surface area (TPSA) is 21.3 Å².